The van der Waals surface area contributed by atoms with E-state index in [1.807, 2.05) is 49.1 Å². The number of likely N-dealkylation sites (tertiary alicyclic amines) is 1. The van der Waals surface area contributed by atoms with E-state index in [1.54, 1.807) is 6.92 Å². The lowest BCUT2D eigenvalue weighted by molar-refractivity contribution is -0.128. The van der Waals surface area contributed by atoms with Crippen LogP contribution in [0.1, 0.15) is 45.6 Å². The van der Waals surface area contributed by atoms with Crippen LogP contribution < -0.4 is 16.0 Å². The van der Waals surface area contributed by atoms with Crippen LogP contribution in [0.4, 0.5) is 4.79 Å². The maximum Gasteiger partial charge on any atom is 0.321 e. The SMILES string of the molecule is CC(C)OCCCNC(=O)C1CCN(C(C)C(=O)NC(=O)NCc2ccccc2)CC1. The number of amides is 4. The average molecular weight is 433 g/mol. The predicted octanol–water partition coefficient (Wildman–Crippen LogP) is 2.04. The number of piperidine rings is 1. The van der Waals surface area contributed by atoms with Crippen molar-refractivity contribution in [3.05, 3.63) is 35.9 Å². The van der Waals surface area contributed by atoms with E-state index >= 15 is 0 Å². The van der Waals surface area contributed by atoms with Gasteiger partial charge in [0.25, 0.3) is 0 Å². The van der Waals surface area contributed by atoms with Gasteiger partial charge >= 0.3 is 6.03 Å². The van der Waals surface area contributed by atoms with Gasteiger partial charge in [0.05, 0.1) is 12.1 Å². The van der Waals surface area contributed by atoms with Crippen LogP contribution in [0.3, 0.4) is 0 Å². The molecule has 1 aromatic rings. The fourth-order valence-corrected chi connectivity index (χ4v) is 3.50. The molecule has 2 rings (SSSR count). The number of ether oxygens (including phenoxy) is 1. The molecule has 0 aromatic heterocycles. The second-order valence-corrected chi connectivity index (χ2v) is 8.21. The normalized spacial score (nSPS) is 16.0. The summed E-state index contributed by atoms with van der Waals surface area (Å²) in [6, 6.07) is 8.58. The fourth-order valence-electron chi connectivity index (χ4n) is 3.50. The molecule has 8 heteroatoms. The zero-order chi connectivity index (χ0) is 22.6. The maximum absolute atomic E-state index is 12.4. The van der Waals surface area contributed by atoms with Crippen molar-refractivity contribution in [3.63, 3.8) is 0 Å². The number of imide groups is 1. The highest BCUT2D eigenvalue weighted by molar-refractivity contribution is 5.96. The van der Waals surface area contributed by atoms with Gasteiger partial charge in [0.1, 0.15) is 0 Å². The first-order chi connectivity index (χ1) is 14.9. The van der Waals surface area contributed by atoms with E-state index in [0.29, 0.717) is 45.6 Å². The number of urea groups is 1. The summed E-state index contributed by atoms with van der Waals surface area (Å²) in [5.41, 5.74) is 0.964. The average Bonchev–Trinajstić information content (AvgIpc) is 2.77. The first kappa shape index (κ1) is 24.8. The summed E-state index contributed by atoms with van der Waals surface area (Å²) in [5, 5.41) is 8.08. The van der Waals surface area contributed by atoms with Crippen LogP contribution in [0.2, 0.25) is 0 Å². The third kappa shape index (κ3) is 9.06. The van der Waals surface area contributed by atoms with Crippen molar-refractivity contribution in [1.82, 2.24) is 20.9 Å². The predicted molar refractivity (Wildman–Crippen MR) is 119 cm³/mol. The lowest BCUT2D eigenvalue weighted by atomic mass is 9.95. The molecule has 1 aromatic carbocycles. The Hall–Kier alpha value is -2.45. The van der Waals surface area contributed by atoms with Gasteiger partial charge in [0.2, 0.25) is 11.8 Å². The monoisotopic (exact) mass is 432 g/mol. The minimum atomic E-state index is -0.503. The molecule has 1 heterocycles. The summed E-state index contributed by atoms with van der Waals surface area (Å²) in [4.78, 5) is 38.8. The Balaban J connectivity index is 1.64. The number of nitrogens with one attached hydrogen (secondary N) is 3. The summed E-state index contributed by atoms with van der Waals surface area (Å²) in [7, 11) is 0. The molecule has 1 aliphatic heterocycles. The van der Waals surface area contributed by atoms with Crippen LogP contribution in [0.5, 0.6) is 0 Å². The van der Waals surface area contributed by atoms with Crippen molar-refractivity contribution < 1.29 is 19.1 Å². The number of nitrogens with zero attached hydrogens (tertiary/aromatic N) is 1. The van der Waals surface area contributed by atoms with Gasteiger partial charge in [-0.1, -0.05) is 30.3 Å². The minimum Gasteiger partial charge on any atom is -0.379 e. The van der Waals surface area contributed by atoms with Gasteiger partial charge in [-0.05, 0) is 58.7 Å². The number of carbonyl (C=O) groups excluding carboxylic acids is 3. The molecule has 8 nitrogen and oxygen atoms in total. The number of rotatable bonds is 10. The summed E-state index contributed by atoms with van der Waals surface area (Å²) < 4.78 is 5.47. The van der Waals surface area contributed by atoms with Gasteiger partial charge in [-0.25, -0.2) is 4.79 Å². The highest BCUT2D eigenvalue weighted by atomic mass is 16.5. The van der Waals surface area contributed by atoms with E-state index in [9.17, 15) is 14.4 Å². The molecule has 0 saturated carbocycles. The molecule has 4 amide bonds. The highest BCUT2D eigenvalue weighted by Gasteiger charge is 2.30. The van der Waals surface area contributed by atoms with Crippen LogP contribution in [-0.2, 0) is 20.9 Å². The first-order valence-corrected chi connectivity index (χ1v) is 11.1. The van der Waals surface area contributed by atoms with E-state index < -0.39 is 12.1 Å². The van der Waals surface area contributed by atoms with Gasteiger partial charge < -0.3 is 15.4 Å². The molecule has 1 fully saturated rings. The fraction of sp³-hybridized carbons (Fsp3) is 0.609. The van der Waals surface area contributed by atoms with Crippen LogP contribution in [0, 0.1) is 5.92 Å². The minimum absolute atomic E-state index is 0.0355. The van der Waals surface area contributed by atoms with E-state index in [1.165, 1.54) is 0 Å². The number of hydrogen-bond acceptors (Lipinski definition) is 5. The summed E-state index contributed by atoms with van der Waals surface area (Å²) in [5.74, 6) is -0.299. The third-order valence-corrected chi connectivity index (χ3v) is 5.43. The lowest BCUT2D eigenvalue weighted by Crippen LogP contribution is -2.52. The van der Waals surface area contributed by atoms with Crippen LogP contribution in [-0.4, -0.2) is 61.1 Å². The second-order valence-electron chi connectivity index (χ2n) is 8.21. The summed E-state index contributed by atoms with van der Waals surface area (Å²) in [6.45, 7) is 8.68. The molecule has 1 unspecified atom stereocenters. The Morgan fingerprint density at radius 1 is 1.06 bits per heavy atom. The van der Waals surface area contributed by atoms with E-state index in [0.717, 1.165) is 12.0 Å². The Morgan fingerprint density at radius 2 is 1.74 bits per heavy atom. The second kappa shape index (κ2) is 13.1. The molecule has 0 bridgehead atoms. The molecule has 1 aliphatic rings. The Labute approximate surface area is 185 Å². The van der Waals surface area contributed by atoms with Crippen molar-refractivity contribution in [2.75, 3.05) is 26.2 Å². The molecule has 3 N–H and O–H groups in total. The number of hydrogen-bond donors (Lipinski definition) is 3. The Morgan fingerprint density at radius 3 is 2.39 bits per heavy atom. The van der Waals surface area contributed by atoms with E-state index in [4.69, 9.17) is 4.74 Å². The first-order valence-electron chi connectivity index (χ1n) is 11.1. The van der Waals surface area contributed by atoms with E-state index in [-0.39, 0.29) is 23.8 Å². The van der Waals surface area contributed by atoms with Crippen molar-refractivity contribution >= 4 is 17.8 Å². The van der Waals surface area contributed by atoms with Gasteiger partial charge in [-0.3, -0.25) is 19.8 Å². The standard InChI is InChI=1S/C23H36N4O4/c1-17(2)31-15-7-12-24-22(29)20-10-13-27(14-11-20)18(3)21(28)26-23(30)25-16-19-8-5-4-6-9-19/h4-6,8-9,17-18,20H,7,10-16H2,1-3H3,(H,24,29)(H2,25,26,28,30). The molecule has 31 heavy (non-hydrogen) atoms. The van der Waals surface area contributed by atoms with Crippen LogP contribution in [0.15, 0.2) is 30.3 Å². The summed E-state index contributed by atoms with van der Waals surface area (Å²) >= 11 is 0. The van der Waals surface area contributed by atoms with Crippen molar-refractivity contribution in [1.29, 1.82) is 0 Å². The van der Waals surface area contributed by atoms with Gasteiger partial charge in [0, 0.05) is 25.6 Å². The summed E-state index contributed by atoms with van der Waals surface area (Å²) in [6.07, 6.45) is 2.40. The molecule has 1 saturated heterocycles. The van der Waals surface area contributed by atoms with E-state index in [2.05, 4.69) is 16.0 Å². The quantitative estimate of drug-likeness (QED) is 0.492. The smallest absolute Gasteiger partial charge is 0.321 e. The number of carbonyl (C=O) groups is 3. The van der Waals surface area contributed by atoms with Crippen LogP contribution >= 0.6 is 0 Å². The maximum atomic E-state index is 12.4. The number of benzene rings is 1. The van der Waals surface area contributed by atoms with Crippen molar-refractivity contribution in [2.24, 2.45) is 5.92 Å². The molecule has 0 aliphatic carbocycles. The van der Waals surface area contributed by atoms with Crippen LogP contribution in [0.25, 0.3) is 0 Å². The van der Waals surface area contributed by atoms with Crippen molar-refractivity contribution in [2.45, 2.75) is 58.7 Å². The Bertz CT molecular complexity index is 703. The molecular weight excluding hydrogens is 396 g/mol. The lowest BCUT2D eigenvalue weighted by Gasteiger charge is -2.34. The highest BCUT2D eigenvalue weighted by Crippen LogP contribution is 2.19. The largest absolute Gasteiger partial charge is 0.379 e. The molecule has 0 spiro atoms. The van der Waals surface area contributed by atoms with Gasteiger partial charge in [-0.15, -0.1) is 0 Å². The molecular formula is C23H36N4O4. The third-order valence-electron chi connectivity index (χ3n) is 5.43. The molecule has 1 atom stereocenters. The van der Waals surface area contributed by atoms with Gasteiger partial charge in [-0.2, -0.15) is 0 Å². The zero-order valence-corrected chi connectivity index (χ0v) is 18.9. The molecule has 0 radical (unpaired) electrons. The Kier molecular flexibility index (Phi) is 10.5. The zero-order valence-electron chi connectivity index (χ0n) is 18.9. The molecule has 172 valence electrons. The van der Waals surface area contributed by atoms with Crippen molar-refractivity contribution in [3.8, 4) is 0 Å². The van der Waals surface area contributed by atoms with Gasteiger partial charge in [0.15, 0.2) is 0 Å². The topological polar surface area (TPSA) is 99.8 Å².